The molecule has 0 bridgehead atoms. The minimum atomic E-state index is -0.134. The Labute approximate surface area is 118 Å². The highest BCUT2D eigenvalue weighted by Gasteiger charge is 2.24. The number of rotatable bonds is 6. The minimum absolute atomic E-state index is 0.134. The number of nitrogens with two attached hydrogens (primary N) is 1. The molecule has 0 saturated carbocycles. The van der Waals surface area contributed by atoms with Crippen LogP contribution in [0.5, 0.6) is 11.5 Å². The maximum atomic E-state index is 12.2. The summed E-state index contributed by atoms with van der Waals surface area (Å²) in [6.45, 7) is 4.28. The Kier molecular flexibility index (Phi) is 5.63. The fourth-order valence-corrected chi connectivity index (χ4v) is 2.38. The molecule has 0 amide bonds. The van der Waals surface area contributed by atoms with Crippen molar-refractivity contribution in [1.29, 1.82) is 0 Å². The Balaban J connectivity index is 3.54. The molecule has 2 N–H and O–H groups in total. The molecule has 0 aromatic heterocycles. The van der Waals surface area contributed by atoms with Crippen molar-refractivity contribution >= 4 is 17.4 Å². The van der Waals surface area contributed by atoms with Crippen molar-refractivity contribution in [3.63, 3.8) is 0 Å². The van der Waals surface area contributed by atoms with Gasteiger partial charge in [-0.05, 0) is 24.1 Å². The Bertz CT molecular complexity index is 472. The summed E-state index contributed by atoms with van der Waals surface area (Å²) >= 11 is 6.35. The van der Waals surface area contributed by atoms with Gasteiger partial charge in [-0.15, -0.1) is 0 Å². The summed E-state index contributed by atoms with van der Waals surface area (Å²) in [5, 5.41) is 0.422. The number of carbonyl (C=O) groups excluding carboxylic acids is 1. The van der Waals surface area contributed by atoms with Crippen molar-refractivity contribution in [3.8, 4) is 11.5 Å². The second-order valence-corrected chi connectivity index (χ2v) is 4.88. The highest BCUT2D eigenvalue weighted by Crippen LogP contribution is 2.41. The van der Waals surface area contributed by atoms with Crippen molar-refractivity contribution in [2.24, 2.45) is 5.73 Å². The van der Waals surface area contributed by atoms with Crippen LogP contribution in [0.1, 0.15) is 42.1 Å². The zero-order chi connectivity index (χ0) is 14.6. The van der Waals surface area contributed by atoms with Gasteiger partial charge in [-0.25, -0.2) is 0 Å². The summed E-state index contributed by atoms with van der Waals surface area (Å²) in [5.74, 6) is 0.924. The average molecular weight is 286 g/mol. The van der Waals surface area contributed by atoms with Gasteiger partial charge in [0.15, 0.2) is 17.3 Å². The lowest BCUT2D eigenvalue weighted by Gasteiger charge is -2.18. The first-order valence-electron chi connectivity index (χ1n) is 6.15. The molecule has 0 fully saturated rings. The van der Waals surface area contributed by atoms with Crippen LogP contribution < -0.4 is 15.2 Å². The Hall–Kier alpha value is -1.26. The molecule has 106 valence electrons. The smallest absolute Gasteiger partial charge is 0.173 e. The standard InChI is InChI=1S/C14H20ClNO3/c1-8(2)9-7-11(18-3)14(19-4)12(13(9)15)10(17)5-6-16/h7-8H,5-6,16H2,1-4H3. The number of carbonyl (C=O) groups is 1. The molecule has 0 unspecified atom stereocenters. The van der Waals surface area contributed by atoms with Gasteiger partial charge in [-0.2, -0.15) is 0 Å². The zero-order valence-corrected chi connectivity index (χ0v) is 12.5. The molecule has 1 rings (SSSR count). The third-order valence-electron chi connectivity index (χ3n) is 2.91. The monoisotopic (exact) mass is 285 g/mol. The Morgan fingerprint density at radius 1 is 1.37 bits per heavy atom. The van der Waals surface area contributed by atoms with Crippen molar-refractivity contribution in [2.45, 2.75) is 26.2 Å². The van der Waals surface area contributed by atoms with Gasteiger partial charge in [0.2, 0.25) is 0 Å². The number of benzene rings is 1. The SMILES string of the molecule is COc1cc(C(C)C)c(Cl)c(C(=O)CCN)c1OC. The second-order valence-electron chi connectivity index (χ2n) is 4.51. The Morgan fingerprint density at radius 3 is 2.42 bits per heavy atom. The molecule has 0 aliphatic rings. The van der Waals surface area contributed by atoms with Crippen LogP contribution in [-0.4, -0.2) is 26.5 Å². The van der Waals surface area contributed by atoms with E-state index in [2.05, 4.69) is 0 Å². The average Bonchev–Trinajstić information content (AvgIpc) is 2.37. The molecule has 1 aromatic rings. The predicted octanol–water partition coefficient (Wildman–Crippen LogP) is 3.01. The first-order valence-corrected chi connectivity index (χ1v) is 6.53. The van der Waals surface area contributed by atoms with Crippen LogP contribution in [0.4, 0.5) is 0 Å². The van der Waals surface area contributed by atoms with E-state index in [9.17, 15) is 4.79 Å². The summed E-state index contributed by atoms with van der Waals surface area (Å²) < 4.78 is 10.6. The van der Waals surface area contributed by atoms with E-state index in [4.69, 9.17) is 26.8 Å². The molecular formula is C14H20ClNO3. The third-order valence-corrected chi connectivity index (χ3v) is 3.31. The molecule has 0 radical (unpaired) electrons. The van der Waals surface area contributed by atoms with Gasteiger partial charge in [0.1, 0.15) is 0 Å². The van der Waals surface area contributed by atoms with E-state index in [1.165, 1.54) is 14.2 Å². The van der Waals surface area contributed by atoms with Gasteiger partial charge in [-0.1, -0.05) is 25.4 Å². The number of methoxy groups -OCH3 is 2. The maximum absolute atomic E-state index is 12.2. The molecule has 19 heavy (non-hydrogen) atoms. The van der Waals surface area contributed by atoms with Gasteiger partial charge in [-0.3, -0.25) is 4.79 Å². The van der Waals surface area contributed by atoms with E-state index in [0.29, 0.717) is 22.1 Å². The Morgan fingerprint density at radius 2 is 2.00 bits per heavy atom. The molecule has 0 spiro atoms. The van der Waals surface area contributed by atoms with Crippen molar-refractivity contribution in [3.05, 3.63) is 22.2 Å². The molecular weight excluding hydrogens is 266 g/mol. The minimum Gasteiger partial charge on any atom is -0.493 e. The van der Waals surface area contributed by atoms with Crippen LogP contribution in [0.25, 0.3) is 0 Å². The summed E-state index contributed by atoms with van der Waals surface area (Å²) in [6, 6.07) is 1.81. The molecule has 0 atom stereocenters. The van der Waals surface area contributed by atoms with Crippen LogP contribution in [-0.2, 0) is 0 Å². The van der Waals surface area contributed by atoms with Gasteiger partial charge in [0, 0.05) is 6.42 Å². The maximum Gasteiger partial charge on any atom is 0.173 e. The van der Waals surface area contributed by atoms with Gasteiger partial charge in [0.25, 0.3) is 0 Å². The fourth-order valence-electron chi connectivity index (χ4n) is 1.92. The molecule has 0 aliphatic heterocycles. The summed E-state index contributed by atoms with van der Waals surface area (Å²) in [7, 11) is 3.02. The molecule has 0 aliphatic carbocycles. The first kappa shape index (κ1) is 15.8. The van der Waals surface area contributed by atoms with E-state index in [1.54, 1.807) is 0 Å². The quantitative estimate of drug-likeness (QED) is 0.816. The highest BCUT2D eigenvalue weighted by molar-refractivity contribution is 6.35. The van der Waals surface area contributed by atoms with E-state index >= 15 is 0 Å². The topological polar surface area (TPSA) is 61.5 Å². The van der Waals surface area contributed by atoms with E-state index in [-0.39, 0.29) is 24.7 Å². The molecule has 0 saturated heterocycles. The van der Waals surface area contributed by atoms with Crippen molar-refractivity contribution in [1.82, 2.24) is 0 Å². The predicted molar refractivity (Wildman–Crippen MR) is 76.6 cm³/mol. The summed E-state index contributed by atoms with van der Waals surface area (Å²) in [6.07, 6.45) is 0.223. The lowest BCUT2D eigenvalue weighted by Crippen LogP contribution is -2.12. The zero-order valence-electron chi connectivity index (χ0n) is 11.7. The van der Waals surface area contributed by atoms with E-state index in [0.717, 1.165) is 5.56 Å². The van der Waals surface area contributed by atoms with Crippen LogP contribution in [0, 0.1) is 0 Å². The number of Topliss-reactive ketones (excluding diaryl/α,β-unsaturated/α-hetero) is 1. The van der Waals surface area contributed by atoms with E-state index < -0.39 is 0 Å². The highest BCUT2D eigenvalue weighted by atomic mass is 35.5. The molecule has 5 heteroatoms. The number of hydrogen-bond acceptors (Lipinski definition) is 4. The van der Waals surface area contributed by atoms with Crippen LogP contribution in [0.2, 0.25) is 5.02 Å². The van der Waals surface area contributed by atoms with Gasteiger partial charge >= 0.3 is 0 Å². The van der Waals surface area contributed by atoms with Crippen molar-refractivity contribution in [2.75, 3.05) is 20.8 Å². The lowest BCUT2D eigenvalue weighted by molar-refractivity contribution is 0.0982. The molecule has 1 aromatic carbocycles. The van der Waals surface area contributed by atoms with Crippen molar-refractivity contribution < 1.29 is 14.3 Å². The molecule has 4 nitrogen and oxygen atoms in total. The number of ketones is 1. The largest absolute Gasteiger partial charge is 0.493 e. The van der Waals surface area contributed by atoms with Gasteiger partial charge < -0.3 is 15.2 Å². The summed E-state index contributed by atoms with van der Waals surface area (Å²) in [5.41, 5.74) is 6.66. The fraction of sp³-hybridized carbons (Fsp3) is 0.500. The number of hydrogen-bond donors (Lipinski definition) is 1. The third kappa shape index (κ3) is 3.19. The second kappa shape index (κ2) is 6.78. The van der Waals surface area contributed by atoms with Crippen LogP contribution in [0.15, 0.2) is 6.07 Å². The number of ether oxygens (including phenoxy) is 2. The summed E-state index contributed by atoms with van der Waals surface area (Å²) in [4.78, 5) is 12.2. The van der Waals surface area contributed by atoms with Gasteiger partial charge in [0.05, 0.1) is 24.8 Å². The van der Waals surface area contributed by atoms with E-state index in [1.807, 2.05) is 19.9 Å². The number of halogens is 1. The lowest BCUT2D eigenvalue weighted by atomic mass is 9.96. The van der Waals surface area contributed by atoms with Crippen LogP contribution in [0.3, 0.4) is 0 Å². The first-order chi connectivity index (χ1) is 8.97. The van der Waals surface area contributed by atoms with Crippen LogP contribution >= 0.6 is 11.6 Å². The normalized spacial score (nSPS) is 10.7. The molecule has 0 heterocycles.